The first-order valence-electron chi connectivity index (χ1n) is 18.8. The number of epoxide rings is 1. The zero-order valence-corrected chi connectivity index (χ0v) is 33.0. The van der Waals surface area contributed by atoms with Crippen molar-refractivity contribution in [3.05, 3.63) is 108 Å². The van der Waals surface area contributed by atoms with E-state index >= 15 is 0 Å². The van der Waals surface area contributed by atoms with Crippen molar-refractivity contribution in [2.45, 2.75) is 70.4 Å². The second kappa shape index (κ2) is 24.5. The lowest BCUT2D eigenvalue weighted by atomic mass is 10.0. The fraction of sp³-hybridized carbons (Fsp3) is 0.452. The van der Waals surface area contributed by atoms with Gasteiger partial charge in [0.05, 0.1) is 39.0 Å². The average Bonchev–Trinajstić information content (AvgIpc) is 3.97. The smallest absolute Gasteiger partial charge is 0.345 e. The normalized spacial score (nSPS) is 17.5. The van der Waals surface area contributed by atoms with E-state index in [-0.39, 0.29) is 24.7 Å². The third kappa shape index (κ3) is 18.2. The summed E-state index contributed by atoms with van der Waals surface area (Å²) in [6.45, 7) is 5.11. The van der Waals surface area contributed by atoms with Gasteiger partial charge in [-0.05, 0) is 44.7 Å². The van der Waals surface area contributed by atoms with Crippen LogP contribution in [0.5, 0.6) is 0 Å². The molecule has 13 nitrogen and oxygen atoms in total. The molecule has 0 spiro atoms. The standard InChI is InChI=1S/C33H43N5O7.C7H8.C2H4F2O/c1-23(30(41)33(2)22-45-33)35-32(43)27(19-25-11-7-4-8-12-25)37-28(39)20-34-31(42)26(14-13-24-9-5-3-6-10-24)36-29(40)21-38-15-17-44-18-16-38;1-7-5-3-2-4-6-7;1-5-2(3)4/h3-12,23,26-27H,13-22H2,1-2H3,(H,34,42)(H,35,43)(H,36,40)(H,37,39);2-6H,1H3;2H,1H3/t23?,26-,27-,33?;;/m0../s1. The number of halogens is 2. The molecular formula is C42H55F2N5O8. The van der Waals surface area contributed by atoms with Gasteiger partial charge >= 0.3 is 6.61 Å². The number of ether oxygens (including phenoxy) is 3. The van der Waals surface area contributed by atoms with E-state index in [1.165, 1.54) is 5.56 Å². The van der Waals surface area contributed by atoms with E-state index < -0.39 is 54.6 Å². The van der Waals surface area contributed by atoms with Crippen LogP contribution in [-0.2, 0) is 51.0 Å². The van der Waals surface area contributed by atoms with Gasteiger partial charge in [0, 0.05) is 26.6 Å². The summed E-state index contributed by atoms with van der Waals surface area (Å²) < 4.78 is 35.1. The van der Waals surface area contributed by atoms with Crippen LogP contribution < -0.4 is 21.3 Å². The number of benzene rings is 3. The van der Waals surface area contributed by atoms with Gasteiger partial charge in [0.1, 0.15) is 17.7 Å². The van der Waals surface area contributed by atoms with E-state index in [9.17, 15) is 32.8 Å². The number of amides is 4. The zero-order valence-electron chi connectivity index (χ0n) is 33.0. The van der Waals surface area contributed by atoms with Gasteiger partial charge in [-0.3, -0.25) is 28.9 Å². The van der Waals surface area contributed by atoms with E-state index in [1.54, 1.807) is 13.8 Å². The van der Waals surface area contributed by atoms with Crippen molar-refractivity contribution in [3.63, 3.8) is 0 Å². The van der Waals surface area contributed by atoms with Gasteiger partial charge in [-0.15, -0.1) is 0 Å². The predicted molar refractivity (Wildman–Crippen MR) is 210 cm³/mol. The highest BCUT2D eigenvalue weighted by molar-refractivity contribution is 5.98. The maximum Gasteiger partial charge on any atom is 0.345 e. The van der Waals surface area contributed by atoms with Gasteiger partial charge in [-0.1, -0.05) is 96.6 Å². The molecule has 5 rings (SSSR count). The quantitative estimate of drug-likeness (QED) is 0.150. The van der Waals surface area contributed by atoms with Gasteiger partial charge in [-0.2, -0.15) is 8.78 Å². The van der Waals surface area contributed by atoms with Crippen LogP contribution in [0.3, 0.4) is 0 Å². The van der Waals surface area contributed by atoms with Crippen molar-refractivity contribution < 1.29 is 47.0 Å². The van der Waals surface area contributed by atoms with Crippen molar-refractivity contribution in [3.8, 4) is 0 Å². The summed E-state index contributed by atoms with van der Waals surface area (Å²) in [6, 6.07) is 26.4. The predicted octanol–water partition coefficient (Wildman–Crippen LogP) is 2.99. The number of aryl methyl sites for hydroxylation is 2. The summed E-state index contributed by atoms with van der Waals surface area (Å²) in [4.78, 5) is 66.9. The Morgan fingerprint density at radius 3 is 1.82 bits per heavy atom. The molecule has 15 heteroatoms. The van der Waals surface area contributed by atoms with Crippen LogP contribution in [0.1, 0.15) is 37.0 Å². The topological polar surface area (TPSA) is 168 Å². The molecule has 0 aliphatic carbocycles. The Bertz CT molecular complexity index is 1680. The summed E-state index contributed by atoms with van der Waals surface area (Å²) >= 11 is 0. The molecule has 4 amide bonds. The highest BCUT2D eigenvalue weighted by Crippen LogP contribution is 2.28. The molecule has 3 aromatic carbocycles. The van der Waals surface area contributed by atoms with E-state index in [0.29, 0.717) is 45.8 Å². The fourth-order valence-corrected chi connectivity index (χ4v) is 5.64. The monoisotopic (exact) mass is 795 g/mol. The van der Waals surface area contributed by atoms with Crippen LogP contribution in [0.15, 0.2) is 91.0 Å². The third-order valence-corrected chi connectivity index (χ3v) is 9.01. The number of ketones is 1. The van der Waals surface area contributed by atoms with Gasteiger partial charge in [0.15, 0.2) is 5.78 Å². The molecule has 2 aliphatic heterocycles. The largest absolute Gasteiger partial charge is 0.379 e. The number of Topliss-reactive ketones (excluding diaryl/α,β-unsaturated/α-hetero) is 1. The molecule has 3 aromatic rings. The van der Waals surface area contributed by atoms with Crippen molar-refractivity contribution >= 4 is 29.4 Å². The summed E-state index contributed by atoms with van der Waals surface area (Å²) in [5.74, 6) is -2.15. The van der Waals surface area contributed by atoms with E-state index in [1.807, 2.05) is 83.8 Å². The molecule has 0 bridgehead atoms. The lowest BCUT2D eigenvalue weighted by Gasteiger charge is -2.27. The first kappa shape index (κ1) is 46.3. The number of nitrogens with zero attached hydrogens (tertiary/aromatic N) is 1. The van der Waals surface area contributed by atoms with E-state index in [2.05, 4.69) is 45.1 Å². The molecule has 2 fully saturated rings. The van der Waals surface area contributed by atoms with Gasteiger partial charge in [0.2, 0.25) is 23.6 Å². The Labute approximate surface area is 333 Å². The SMILES string of the molecule is CC(NC(=O)[C@H](Cc1ccccc1)NC(=O)CNC(=O)[C@H](CCc1ccccc1)NC(=O)CN1CCOCC1)C(=O)C1(C)CO1.COC(F)F.Cc1ccccc1. The second-order valence-corrected chi connectivity index (χ2v) is 13.8. The first-order chi connectivity index (χ1) is 27.3. The maximum atomic E-state index is 13.3. The first-order valence-corrected chi connectivity index (χ1v) is 18.8. The number of alkyl halides is 2. The molecule has 4 N–H and O–H groups in total. The van der Waals surface area contributed by atoms with E-state index in [4.69, 9.17) is 9.47 Å². The summed E-state index contributed by atoms with van der Waals surface area (Å²) in [6.07, 6.45) is 1.06. The van der Waals surface area contributed by atoms with Crippen LogP contribution in [-0.4, -0.2) is 118 Å². The molecule has 2 unspecified atom stereocenters. The molecule has 0 radical (unpaired) electrons. The minimum Gasteiger partial charge on any atom is -0.379 e. The Morgan fingerprint density at radius 2 is 1.32 bits per heavy atom. The summed E-state index contributed by atoms with van der Waals surface area (Å²) in [5, 5.41) is 10.8. The molecular weight excluding hydrogens is 740 g/mol. The van der Waals surface area contributed by atoms with Crippen LogP contribution in [0.25, 0.3) is 0 Å². The van der Waals surface area contributed by atoms with Crippen LogP contribution in [0.4, 0.5) is 8.78 Å². The van der Waals surface area contributed by atoms with Gasteiger partial charge < -0.3 is 35.5 Å². The highest BCUT2D eigenvalue weighted by Gasteiger charge is 2.49. The van der Waals surface area contributed by atoms with Crippen molar-refractivity contribution in [2.24, 2.45) is 0 Å². The fourth-order valence-electron chi connectivity index (χ4n) is 5.64. The lowest BCUT2D eigenvalue weighted by molar-refractivity contribution is -0.133. The van der Waals surface area contributed by atoms with Crippen LogP contribution in [0, 0.1) is 6.92 Å². The van der Waals surface area contributed by atoms with Crippen molar-refractivity contribution in [1.82, 2.24) is 26.2 Å². The zero-order chi connectivity index (χ0) is 41.6. The minimum atomic E-state index is -2.62. The van der Waals surface area contributed by atoms with Crippen LogP contribution in [0.2, 0.25) is 0 Å². The average molecular weight is 796 g/mol. The highest BCUT2D eigenvalue weighted by atomic mass is 19.3. The Balaban J connectivity index is 0.000000622. The molecule has 0 saturated carbocycles. The van der Waals surface area contributed by atoms with Crippen LogP contribution >= 0.6 is 0 Å². The number of rotatable bonds is 17. The molecule has 310 valence electrons. The maximum absolute atomic E-state index is 13.3. The minimum absolute atomic E-state index is 0.140. The summed E-state index contributed by atoms with van der Waals surface area (Å²) in [7, 11) is 0.949. The Morgan fingerprint density at radius 1 is 0.789 bits per heavy atom. The molecule has 2 heterocycles. The number of carbonyl (C=O) groups excluding carboxylic acids is 5. The molecule has 2 saturated heterocycles. The van der Waals surface area contributed by atoms with Crippen molar-refractivity contribution in [1.29, 1.82) is 0 Å². The number of methoxy groups -OCH3 is 1. The Kier molecular flexibility index (Phi) is 19.9. The second-order valence-electron chi connectivity index (χ2n) is 13.8. The van der Waals surface area contributed by atoms with Gasteiger partial charge in [-0.25, -0.2) is 0 Å². The number of morpholine rings is 1. The number of hydrogen-bond acceptors (Lipinski definition) is 9. The molecule has 2 aliphatic rings. The third-order valence-electron chi connectivity index (χ3n) is 9.01. The molecule has 0 aromatic heterocycles. The van der Waals surface area contributed by atoms with Crippen molar-refractivity contribution in [2.75, 3.05) is 53.1 Å². The van der Waals surface area contributed by atoms with Gasteiger partial charge in [0.25, 0.3) is 0 Å². The molecule has 57 heavy (non-hydrogen) atoms. The lowest BCUT2D eigenvalue weighted by Crippen LogP contribution is -2.55. The van der Waals surface area contributed by atoms with E-state index in [0.717, 1.165) is 18.2 Å². The summed E-state index contributed by atoms with van der Waals surface area (Å²) in [5.41, 5.74) is 2.24. The molecule has 4 atom stereocenters. The Hall–Kier alpha value is -5.09. The number of carbonyl (C=O) groups is 5. The number of nitrogens with one attached hydrogen (secondary N) is 4. The number of hydrogen-bond donors (Lipinski definition) is 4.